The van der Waals surface area contributed by atoms with Crippen molar-refractivity contribution in [3.8, 4) is 0 Å². The molecule has 0 spiro atoms. The highest BCUT2D eigenvalue weighted by Crippen LogP contribution is 2.03. The first-order chi connectivity index (χ1) is 4.42. The van der Waals surface area contributed by atoms with Gasteiger partial charge in [0.15, 0.2) is 8.32 Å². The first-order valence-corrected chi connectivity index (χ1v) is 7.22. The van der Waals surface area contributed by atoms with Crippen LogP contribution in [0.2, 0.25) is 19.6 Å². The molecule has 2 nitrogen and oxygen atoms in total. The number of rotatable bonds is 4. The molecular formula is C7H19NOSi. The van der Waals surface area contributed by atoms with Gasteiger partial charge >= 0.3 is 0 Å². The summed E-state index contributed by atoms with van der Waals surface area (Å²) >= 11 is 0. The van der Waals surface area contributed by atoms with Crippen LogP contribution in [-0.2, 0) is 4.43 Å². The second kappa shape index (κ2) is 4.11. The monoisotopic (exact) mass is 161 g/mol. The van der Waals surface area contributed by atoms with Crippen LogP contribution in [0.15, 0.2) is 0 Å². The van der Waals surface area contributed by atoms with E-state index in [1.807, 2.05) is 6.92 Å². The van der Waals surface area contributed by atoms with Crippen molar-refractivity contribution in [1.29, 1.82) is 0 Å². The van der Waals surface area contributed by atoms with E-state index in [-0.39, 0.29) is 6.04 Å². The van der Waals surface area contributed by atoms with E-state index in [1.165, 1.54) is 0 Å². The minimum atomic E-state index is -1.28. The average molecular weight is 161 g/mol. The zero-order valence-corrected chi connectivity index (χ0v) is 8.48. The lowest BCUT2D eigenvalue weighted by atomic mass is 10.3. The van der Waals surface area contributed by atoms with Gasteiger partial charge in [0.1, 0.15) is 0 Å². The summed E-state index contributed by atoms with van der Waals surface area (Å²) < 4.78 is 5.60. The lowest BCUT2D eigenvalue weighted by Gasteiger charge is -2.17. The molecule has 0 aromatic carbocycles. The van der Waals surface area contributed by atoms with Gasteiger partial charge in [-0.05, 0) is 33.0 Å². The molecule has 0 fully saturated rings. The molecule has 10 heavy (non-hydrogen) atoms. The lowest BCUT2D eigenvalue weighted by Crippen LogP contribution is -2.28. The van der Waals surface area contributed by atoms with Crippen LogP contribution < -0.4 is 5.73 Å². The molecule has 0 aliphatic carbocycles. The Morgan fingerprint density at radius 3 is 2.20 bits per heavy atom. The van der Waals surface area contributed by atoms with Crippen molar-refractivity contribution < 1.29 is 4.43 Å². The van der Waals surface area contributed by atoms with Gasteiger partial charge in [-0.15, -0.1) is 0 Å². The van der Waals surface area contributed by atoms with Crippen LogP contribution in [-0.4, -0.2) is 21.0 Å². The van der Waals surface area contributed by atoms with Crippen LogP contribution in [0.25, 0.3) is 0 Å². The molecule has 0 aliphatic rings. The van der Waals surface area contributed by atoms with E-state index in [2.05, 4.69) is 19.6 Å². The second-order valence-corrected chi connectivity index (χ2v) is 8.24. The number of hydrogen-bond donors (Lipinski definition) is 1. The van der Waals surface area contributed by atoms with Crippen LogP contribution in [0.4, 0.5) is 0 Å². The highest BCUT2D eigenvalue weighted by Gasteiger charge is 2.13. The van der Waals surface area contributed by atoms with E-state index >= 15 is 0 Å². The first kappa shape index (κ1) is 10.1. The molecule has 0 radical (unpaired) electrons. The van der Waals surface area contributed by atoms with Crippen molar-refractivity contribution in [3.63, 3.8) is 0 Å². The molecule has 0 bridgehead atoms. The van der Waals surface area contributed by atoms with Gasteiger partial charge < -0.3 is 10.2 Å². The normalized spacial score (nSPS) is 15.3. The smallest absolute Gasteiger partial charge is 0.183 e. The Morgan fingerprint density at radius 1 is 1.40 bits per heavy atom. The van der Waals surface area contributed by atoms with Gasteiger partial charge in [-0.1, -0.05) is 0 Å². The van der Waals surface area contributed by atoms with E-state index in [4.69, 9.17) is 10.2 Å². The van der Waals surface area contributed by atoms with Crippen molar-refractivity contribution in [3.05, 3.63) is 0 Å². The average Bonchev–Trinajstić information content (AvgIpc) is 1.59. The van der Waals surface area contributed by atoms with Crippen molar-refractivity contribution >= 4 is 8.32 Å². The minimum Gasteiger partial charge on any atom is -0.418 e. The first-order valence-electron chi connectivity index (χ1n) is 3.81. The Hall–Kier alpha value is 0.137. The quantitative estimate of drug-likeness (QED) is 0.635. The van der Waals surface area contributed by atoms with Crippen molar-refractivity contribution in [2.45, 2.75) is 39.0 Å². The lowest BCUT2D eigenvalue weighted by molar-refractivity contribution is 0.295. The molecular weight excluding hydrogens is 142 g/mol. The molecule has 0 saturated heterocycles. The minimum absolute atomic E-state index is 0.274. The fourth-order valence-corrected chi connectivity index (χ4v) is 1.28. The summed E-state index contributed by atoms with van der Waals surface area (Å²) in [5.74, 6) is 0. The highest BCUT2D eigenvalue weighted by atomic mass is 28.4. The van der Waals surface area contributed by atoms with E-state index in [0.29, 0.717) is 0 Å². The Kier molecular flexibility index (Phi) is 4.16. The SMILES string of the molecule is CC(N)CCO[Si](C)(C)C. The molecule has 0 aliphatic heterocycles. The summed E-state index contributed by atoms with van der Waals surface area (Å²) in [4.78, 5) is 0. The van der Waals surface area contributed by atoms with Gasteiger partial charge in [-0.2, -0.15) is 0 Å². The van der Waals surface area contributed by atoms with Gasteiger partial charge in [0, 0.05) is 12.6 Å². The third kappa shape index (κ3) is 8.14. The molecule has 0 saturated carbocycles. The Morgan fingerprint density at radius 2 is 1.90 bits per heavy atom. The summed E-state index contributed by atoms with van der Waals surface area (Å²) in [6.07, 6.45) is 0.976. The van der Waals surface area contributed by atoms with Gasteiger partial charge in [0.25, 0.3) is 0 Å². The van der Waals surface area contributed by atoms with Crippen LogP contribution >= 0.6 is 0 Å². The van der Waals surface area contributed by atoms with Gasteiger partial charge in [-0.25, -0.2) is 0 Å². The van der Waals surface area contributed by atoms with Crippen molar-refractivity contribution in [1.82, 2.24) is 0 Å². The maximum atomic E-state index is 5.60. The molecule has 3 heteroatoms. The largest absolute Gasteiger partial charge is 0.418 e. The second-order valence-electron chi connectivity index (χ2n) is 3.73. The molecule has 0 aromatic heterocycles. The zero-order chi connectivity index (χ0) is 8.20. The van der Waals surface area contributed by atoms with Crippen molar-refractivity contribution in [2.24, 2.45) is 5.73 Å². The summed E-state index contributed by atoms with van der Waals surface area (Å²) in [6.45, 7) is 9.40. The van der Waals surface area contributed by atoms with Crippen LogP contribution in [0, 0.1) is 0 Å². The van der Waals surface area contributed by atoms with Gasteiger partial charge in [-0.3, -0.25) is 0 Å². The van der Waals surface area contributed by atoms with Crippen LogP contribution in [0.1, 0.15) is 13.3 Å². The molecule has 0 aromatic rings. The molecule has 0 rings (SSSR count). The van der Waals surface area contributed by atoms with Crippen molar-refractivity contribution in [2.75, 3.05) is 6.61 Å². The zero-order valence-electron chi connectivity index (χ0n) is 7.48. The van der Waals surface area contributed by atoms with E-state index in [1.54, 1.807) is 0 Å². The molecule has 2 N–H and O–H groups in total. The molecule has 1 unspecified atom stereocenters. The maximum absolute atomic E-state index is 5.60. The summed E-state index contributed by atoms with van der Waals surface area (Å²) in [7, 11) is -1.28. The number of hydrogen-bond acceptors (Lipinski definition) is 2. The summed E-state index contributed by atoms with van der Waals surface area (Å²) in [5.41, 5.74) is 5.56. The maximum Gasteiger partial charge on any atom is 0.183 e. The Bertz CT molecular complexity index is 88.1. The fraction of sp³-hybridized carbons (Fsp3) is 1.00. The Labute approximate surface area is 64.9 Å². The molecule has 0 heterocycles. The summed E-state index contributed by atoms with van der Waals surface area (Å²) in [5, 5.41) is 0. The van der Waals surface area contributed by atoms with E-state index in [0.717, 1.165) is 13.0 Å². The molecule has 0 amide bonds. The predicted molar refractivity (Wildman–Crippen MR) is 47.6 cm³/mol. The van der Waals surface area contributed by atoms with E-state index < -0.39 is 8.32 Å². The van der Waals surface area contributed by atoms with Gasteiger partial charge in [0.2, 0.25) is 0 Å². The van der Waals surface area contributed by atoms with E-state index in [9.17, 15) is 0 Å². The molecule has 1 atom stereocenters. The van der Waals surface area contributed by atoms with Crippen LogP contribution in [0.3, 0.4) is 0 Å². The topological polar surface area (TPSA) is 35.2 Å². The van der Waals surface area contributed by atoms with Crippen LogP contribution in [0.5, 0.6) is 0 Å². The summed E-state index contributed by atoms with van der Waals surface area (Å²) in [6, 6.07) is 0.274. The van der Waals surface area contributed by atoms with Gasteiger partial charge in [0.05, 0.1) is 0 Å². The molecule has 62 valence electrons. The standard InChI is InChI=1S/C7H19NOSi/c1-7(8)5-6-9-10(2,3)4/h7H,5-6,8H2,1-4H3. The third-order valence-corrected chi connectivity index (χ3v) is 2.18. The fourth-order valence-electron chi connectivity index (χ4n) is 0.551. The number of nitrogens with two attached hydrogens (primary N) is 1. The highest BCUT2D eigenvalue weighted by molar-refractivity contribution is 6.69. The predicted octanol–water partition coefficient (Wildman–Crippen LogP) is 1.58. The third-order valence-electron chi connectivity index (χ3n) is 1.11. The Balaban J connectivity index is 3.21.